The maximum absolute atomic E-state index is 11.6. The zero-order valence-corrected chi connectivity index (χ0v) is 11.5. The van der Waals surface area contributed by atoms with Crippen LogP contribution in [0.5, 0.6) is 0 Å². The van der Waals surface area contributed by atoms with Crippen molar-refractivity contribution < 1.29 is 9.53 Å². The van der Waals surface area contributed by atoms with Gasteiger partial charge in [0, 0.05) is 11.0 Å². The van der Waals surface area contributed by atoms with Crippen LogP contribution in [0.2, 0.25) is 0 Å². The molecule has 0 amide bonds. The lowest BCUT2D eigenvalue weighted by Crippen LogP contribution is -2.47. The highest BCUT2D eigenvalue weighted by Crippen LogP contribution is 2.26. The molecular formula is C13H25NO2. The standard InChI is InChI=1S/C13H25NO2/c1-8-14(9-2)12(13(5,6)7)16-11(15)10(3)4/h12H,3,8-9H2,1-2,4-7H3. The van der Waals surface area contributed by atoms with Gasteiger partial charge in [0.1, 0.15) is 0 Å². The van der Waals surface area contributed by atoms with Crippen molar-refractivity contribution in [3.8, 4) is 0 Å². The highest BCUT2D eigenvalue weighted by atomic mass is 16.6. The Morgan fingerprint density at radius 2 is 1.75 bits per heavy atom. The van der Waals surface area contributed by atoms with Crippen LogP contribution < -0.4 is 0 Å². The second kappa shape index (κ2) is 6.04. The van der Waals surface area contributed by atoms with E-state index in [0.717, 1.165) is 13.1 Å². The van der Waals surface area contributed by atoms with Crippen molar-refractivity contribution >= 4 is 5.97 Å². The first kappa shape index (κ1) is 15.2. The van der Waals surface area contributed by atoms with E-state index in [1.54, 1.807) is 6.92 Å². The van der Waals surface area contributed by atoms with E-state index < -0.39 is 0 Å². The van der Waals surface area contributed by atoms with Gasteiger partial charge >= 0.3 is 5.97 Å². The Kier molecular flexibility index (Phi) is 5.73. The number of ether oxygens (including phenoxy) is 1. The highest BCUT2D eigenvalue weighted by Gasteiger charge is 2.32. The smallest absolute Gasteiger partial charge is 0.334 e. The van der Waals surface area contributed by atoms with Crippen molar-refractivity contribution in [3.05, 3.63) is 12.2 Å². The van der Waals surface area contributed by atoms with Gasteiger partial charge in [0.2, 0.25) is 0 Å². The Labute approximate surface area is 99.5 Å². The molecule has 0 saturated carbocycles. The summed E-state index contributed by atoms with van der Waals surface area (Å²) in [5.74, 6) is -0.313. The van der Waals surface area contributed by atoms with Gasteiger partial charge in [0.15, 0.2) is 6.23 Å². The van der Waals surface area contributed by atoms with Crippen molar-refractivity contribution in [1.82, 2.24) is 4.90 Å². The number of carbonyl (C=O) groups excluding carboxylic acids is 1. The second-order valence-electron chi connectivity index (χ2n) is 5.13. The number of rotatable bonds is 5. The monoisotopic (exact) mass is 227 g/mol. The summed E-state index contributed by atoms with van der Waals surface area (Å²) in [7, 11) is 0. The van der Waals surface area contributed by atoms with Gasteiger partial charge in [-0.2, -0.15) is 0 Å². The largest absolute Gasteiger partial charge is 0.442 e. The van der Waals surface area contributed by atoms with Gasteiger partial charge in [-0.1, -0.05) is 41.2 Å². The molecule has 0 radical (unpaired) electrons. The van der Waals surface area contributed by atoms with Crippen LogP contribution in [0.15, 0.2) is 12.2 Å². The van der Waals surface area contributed by atoms with E-state index in [-0.39, 0.29) is 17.6 Å². The van der Waals surface area contributed by atoms with Gasteiger partial charge in [-0.25, -0.2) is 4.79 Å². The quantitative estimate of drug-likeness (QED) is 0.411. The van der Waals surface area contributed by atoms with Gasteiger partial charge < -0.3 is 4.74 Å². The topological polar surface area (TPSA) is 29.5 Å². The fraction of sp³-hybridized carbons (Fsp3) is 0.769. The zero-order chi connectivity index (χ0) is 12.9. The van der Waals surface area contributed by atoms with Gasteiger partial charge in [-0.05, 0) is 20.0 Å². The Morgan fingerprint density at radius 3 is 2.00 bits per heavy atom. The van der Waals surface area contributed by atoms with Crippen molar-refractivity contribution in [3.63, 3.8) is 0 Å². The molecule has 0 saturated heterocycles. The minimum absolute atomic E-state index is 0.100. The van der Waals surface area contributed by atoms with E-state index in [1.165, 1.54) is 0 Å². The van der Waals surface area contributed by atoms with Crippen LogP contribution in [0.3, 0.4) is 0 Å². The van der Waals surface area contributed by atoms with Gasteiger partial charge in [0.05, 0.1) is 0 Å². The maximum Gasteiger partial charge on any atom is 0.334 e. The first-order valence-electron chi connectivity index (χ1n) is 5.84. The average molecular weight is 227 g/mol. The van der Waals surface area contributed by atoms with Crippen LogP contribution in [0.1, 0.15) is 41.5 Å². The van der Waals surface area contributed by atoms with Crippen LogP contribution in [0.25, 0.3) is 0 Å². The molecule has 0 aliphatic rings. The summed E-state index contributed by atoms with van der Waals surface area (Å²) in [6, 6.07) is 0. The van der Waals surface area contributed by atoms with E-state index >= 15 is 0 Å². The zero-order valence-electron chi connectivity index (χ0n) is 11.5. The molecule has 0 aliphatic carbocycles. The van der Waals surface area contributed by atoms with Crippen LogP contribution in [0, 0.1) is 5.41 Å². The van der Waals surface area contributed by atoms with E-state index in [2.05, 4.69) is 46.1 Å². The molecule has 0 N–H and O–H groups in total. The van der Waals surface area contributed by atoms with Gasteiger partial charge in [0.25, 0.3) is 0 Å². The maximum atomic E-state index is 11.6. The van der Waals surface area contributed by atoms with Crippen LogP contribution in [-0.4, -0.2) is 30.2 Å². The number of esters is 1. The third kappa shape index (κ3) is 4.35. The molecular weight excluding hydrogens is 202 g/mol. The normalized spacial score (nSPS) is 13.7. The SMILES string of the molecule is C=C(C)C(=O)OC(N(CC)CC)C(C)(C)C. The first-order valence-corrected chi connectivity index (χ1v) is 5.84. The third-order valence-corrected chi connectivity index (χ3v) is 2.45. The summed E-state index contributed by atoms with van der Waals surface area (Å²) >= 11 is 0. The minimum atomic E-state index is -0.313. The molecule has 0 fully saturated rings. The summed E-state index contributed by atoms with van der Waals surface area (Å²) in [6.45, 7) is 17.4. The van der Waals surface area contributed by atoms with Gasteiger partial charge in [-0.15, -0.1) is 0 Å². The van der Waals surface area contributed by atoms with Crippen LogP contribution in [0.4, 0.5) is 0 Å². The second-order valence-corrected chi connectivity index (χ2v) is 5.13. The summed E-state index contributed by atoms with van der Waals surface area (Å²) in [5, 5.41) is 0. The molecule has 16 heavy (non-hydrogen) atoms. The summed E-state index contributed by atoms with van der Waals surface area (Å²) in [4.78, 5) is 13.7. The van der Waals surface area contributed by atoms with Crippen molar-refractivity contribution in [1.29, 1.82) is 0 Å². The molecule has 0 aromatic heterocycles. The molecule has 0 heterocycles. The molecule has 3 nitrogen and oxygen atoms in total. The Morgan fingerprint density at radius 1 is 1.31 bits per heavy atom. The summed E-state index contributed by atoms with van der Waals surface area (Å²) in [5.41, 5.74) is 0.346. The molecule has 0 spiro atoms. The lowest BCUT2D eigenvalue weighted by atomic mass is 9.93. The number of nitrogens with zero attached hydrogens (tertiary/aromatic N) is 1. The predicted molar refractivity (Wildman–Crippen MR) is 67.1 cm³/mol. The van der Waals surface area contributed by atoms with Crippen LogP contribution >= 0.6 is 0 Å². The van der Waals surface area contributed by atoms with E-state index in [9.17, 15) is 4.79 Å². The van der Waals surface area contributed by atoms with E-state index in [4.69, 9.17) is 4.74 Å². The molecule has 0 aliphatic heterocycles. The number of carbonyl (C=O) groups is 1. The minimum Gasteiger partial charge on any atom is -0.442 e. The molecule has 3 heteroatoms. The fourth-order valence-electron chi connectivity index (χ4n) is 1.56. The van der Waals surface area contributed by atoms with Crippen molar-refractivity contribution in [2.45, 2.75) is 47.8 Å². The highest BCUT2D eigenvalue weighted by molar-refractivity contribution is 5.87. The van der Waals surface area contributed by atoms with E-state index in [1.807, 2.05) is 0 Å². The molecule has 1 atom stereocenters. The molecule has 1 unspecified atom stereocenters. The van der Waals surface area contributed by atoms with Crippen LogP contribution in [-0.2, 0) is 9.53 Å². The lowest BCUT2D eigenvalue weighted by molar-refractivity contribution is -0.166. The number of hydrogen-bond donors (Lipinski definition) is 0. The fourth-order valence-corrected chi connectivity index (χ4v) is 1.56. The third-order valence-electron chi connectivity index (χ3n) is 2.45. The number of hydrogen-bond acceptors (Lipinski definition) is 3. The molecule has 0 bridgehead atoms. The predicted octanol–water partition coefficient (Wildman–Crippen LogP) is 2.82. The summed E-state index contributed by atoms with van der Waals surface area (Å²) < 4.78 is 5.51. The first-order chi connectivity index (χ1) is 7.23. The Hall–Kier alpha value is -0.830. The average Bonchev–Trinajstić information content (AvgIpc) is 2.16. The molecule has 0 rings (SSSR count). The summed E-state index contributed by atoms with van der Waals surface area (Å²) in [6.07, 6.45) is -0.202. The van der Waals surface area contributed by atoms with Crippen molar-refractivity contribution in [2.75, 3.05) is 13.1 Å². The van der Waals surface area contributed by atoms with Crippen molar-refractivity contribution in [2.24, 2.45) is 5.41 Å². The Balaban J connectivity index is 4.82. The van der Waals surface area contributed by atoms with Gasteiger partial charge in [-0.3, -0.25) is 4.90 Å². The molecule has 0 aromatic rings. The molecule has 0 aromatic carbocycles. The lowest BCUT2D eigenvalue weighted by Gasteiger charge is -2.38. The van der Waals surface area contributed by atoms with E-state index in [0.29, 0.717) is 5.57 Å². The Bertz CT molecular complexity index is 249. The molecule has 94 valence electrons.